The summed E-state index contributed by atoms with van der Waals surface area (Å²) in [5, 5.41) is 0.202. The third-order valence-electron chi connectivity index (χ3n) is 5.47. The minimum absolute atomic E-state index is 0.185. The molecule has 1 aliphatic rings. The summed E-state index contributed by atoms with van der Waals surface area (Å²) in [5.41, 5.74) is -0.185. The Morgan fingerprint density at radius 3 is 2.15 bits per heavy atom. The lowest BCUT2D eigenvalue weighted by atomic mass is 9.80. The van der Waals surface area contributed by atoms with Crippen molar-refractivity contribution in [3.05, 3.63) is 0 Å². The predicted octanol–water partition coefficient (Wildman–Crippen LogP) is 5.33. The molecule has 20 heavy (non-hydrogen) atoms. The quantitative estimate of drug-likeness (QED) is 0.469. The molecule has 1 atom stereocenters. The van der Waals surface area contributed by atoms with Crippen molar-refractivity contribution >= 4 is 14.6 Å². The first-order chi connectivity index (χ1) is 9.18. The Bertz CT molecular complexity index is 313. The monoisotopic (exact) mass is 298 g/mol. The van der Waals surface area contributed by atoms with Gasteiger partial charge < -0.3 is 9.22 Å². The smallest absolute Gasteiger partial charge is 0.192 e. The zero-order valence-corrected chi connectivity index (χ0v) is 15.4. The minimum Gasteiger partial charge on any atom is -0.411 e. The van der Waals surface area contributed by atoms with Gasteiger partial charge in [0, 0.05) is 6.42 Å². The van der Waals surface area contributed by atoms with E-state index >= 15 is 0 Å². The van der Waals surface area contributed by atoms with Gasteiger partial charge in [0.2, 0.25) is 0 Å². The molecule has 0 spiro atoms. The Balaban J connectivity index is 3.04. The molecule has 0 radical (unpaired) electrons. The maximum Gasteiger partial charge on any atom is 0.192 e. The first-order valence-corrected chi connectivity index (χ1v) is 11.2. The molecule has 0 N–H and O–H groups in total. The molecular formula is C17H34O2Si. The number of hydrogen-bond donors (Lipinski definition) is 0. The number of rotatable bonds is 7. The topological polar surface area (TPSA) is 26.3 Å². The average Bonchev–Trinajstić information content (AvgIpc) is 2.81. The predicted molar refractivity (Wildman–Crippen MR) is 88.6 cm³/mol. The van der Waals surface area contributed by atoms with E-state index in [2.05, 4.69) is 40.8 Å². The van der Waals surface area contributed by atoms with E-state index in [-0.39, 0.29) is 10.6 Å². The van der Waals surface area contributed by atoms with Crippen LogP contribution in [0.2, 0.25) is 18.1 Å². The van der Waals surface area contributed by atoms with E-state index in [1.54, 1.807) is 0 Å². The maximum absolute atomic E-state index is 11.3. The van der Waals surface area contributed by atoms with Gasteiger partial charge in [-0.15, -0.1) is 0 Å². The minimum atomic E-state index is -1.84. The molecule has 1 aliphatic carbocycles. The van der Waals surface area contributed by atoms with Crippen molar-refractivity contribution < 1.29 is 9.22 Å². The standard InChI is InChI=1S/C17H34O2Si/c1-7-12-17(13-14-18,15-10-8-9-11-15)19-20(5,6)16(2,3)4/h14-15H,7-13H2,1-6H3/t17-/m0/s1. The molecule has 3 heteroatoms. The average molecular weight is 299 g/mol. The van der Waals surface area contributed by atoms with Crippen molar-refractivity contribution in [3.63, 3.8) is 0 Å². The molecule has 118 valence electrons. The third-order valence-corrected chi connectivity index (χ3v) is 10.00. The first kappa shape index (κ1) is 17.9. The van der Waals surface area contributed by atoms with Crippen LogP contribution in [0.15, 0.2) is 0 Å². The van der Waals surface area contributed by atoms with Crippen molar-refractivity contribution in [2.24, 2.45) is 5.92 Å². The fraction of sp³-hybridized carbons (Fsp3) is 0.941. The molecule has 0 aliphatic heterocycles. The number of hydrogen-bond acceptors (Lipinski definition) is 2. The van der Waals surface area contributed by atoms with Crippen LogP contribution in [0.25, 0.3) is 0 Å². The maximum atomic E-state index is 11.3. The van der Waals surface area contributed by atoms with Crippen molar-refractivity contribution in [3.8, 4) is 0 Å². The Labute approximate surface area is 126 Å². The third kappa shape index (κ3) is 3.94. The van der Waals surface area contributed by atoms with E-state index in [9.17, 15) is 4.79 Å². The van der Waals surface area contributed by atoms with Crippen LogP contribution in [0.1, 0.15) is 72.6 Å². The van der Waals surface area contributed by atoms with E-state index in [1.807, 2.05) is 0 Å². The second-order valence-corrected chi connectivity index (χ2v) is 12.8. The Morgan fingerprint density at radius 2 is 1.75 bits per heavy atom. The molecule has 0 heterocycles. The van der Waals surface area contributed by atoms with Gasteiger partial charge in [-0.2, -0.15) is 0 Å². The van der Waals surface area contributed by atoms with Gasteiger partial charge in [0.05, 0.1) is 5.60 Å². The Morgan fingerprint density at radius 1 is 1.20 bits per heavy atom. The summed E-state index contributed by atoms with van der Waals surface area (Å²) in [4.78, 5) is 11.3. The van der Waals surface area contributed by atoms with Gasteiger partial charge in [-0.3, -0.25) is 0 Å². The van der Waals surface area contributed by atoms with Gasteiger partial charge in [0.25, 0.3) is 0 Å². The second kappa shape index (κ2) is 6.74. The summed E-state index contributed by atoms with van der Waals surface area (Å²) in [7, 11) is -1.84. The van der Waals surface area contributed by atoms with E-state index in [0.29, 0.717) is 12.3 Å². The van der Waals surface area contributed by atoms with Crippen LogP contribution in [-0.2, 0) is 9.22 Å². The lowest BCUT2D eigenvalue weighted by molar-refractivity contribution is -0.114. The summed E-state index contributed by atoms with van der Waals surface area (Å²) in [5.74, 6) is 0.585. The summed E-state index contributed by atoms with van der Waals surface area (Å²) < 4.78 is 6.86. The highest BCUT2D eigenvalue weighted by molar-refractivity contribution is 6.74. The second-order valence-electron chi connectivity index (χ2n) is 8.03. The normalized spacial score (nSPS) is 20.9. The fourth-order valence-corrected chi connectivity index (χ4v) is 5.00. The molecule has 1 rings (SSSR count). The summed E-state index contributed by atoms with van der Waals surface area (Å²) >= 11 is 0. The molecule has 0 aromatic heterocycles. The van der Waals surface area contributed by atoms with Crippen LogP contribution < -0.4 is 0 Å². The van der Waals surface area contributed by atoms with Crippen molar-refractivity contribution in [1.82, 2.24) is 0 Å². The van der Waals surface area contributed by atoms with Crippen LogP contribution >= 0.6 is 0 Å². The summed E-state index contributed by atoms with van der Waals surface area (Å²) in [6.07, 6.45) is 8.89. The molecule has 0 bridgehead atoms. The Kier molecular flexibility index (Phi) is 6.03. The zero-order valence-electron chi connectivity index (χ0n) is 14.4. The van der Waals surface area contributed by atoms with E-state index in [1.165, 1.54) is 25.7 Å². The van der Waals surface area contributed by atoms with Crippen molar-refractivity contribution in [2.75, 3.05) is 0 Å². The molecule has 1 fully saturated rings. The first-order valence-electron chi connectivity index (χ1n) is 8.32. The Hall–Kier alpha value is -0.153. The van der Waals surface area contributed by atoms with Crippen LogP contribution in [0.3, 0.4) is 0 Å². The highest BCUT2D eigenvalue weighted by atomic mass is 28.4. The number of carbonyl (C=O) groups is 1. The van der Waals surface area contributed by atoms with Gasteiger partial charge in [-0.05, 0) is 43.3 Å². The lowest BCUT2D eigenvalue weighted by Gasteiger charge is -2.48. The highest BCUT2D eigenvalue weighted by Gasteiger charge is 2.48. The van der Waals surface area contributed by atoms with Gasteiger partial charge in [0.1, 0.15) is 6.29 Å². The van der Waals surface area contributed by atoms with Crippen LogP contribution in [0.4, 0.5) is 0 Å². The lowest BCUT2D eigenvalue weighted by Crippen LogP contribution is -2.53. The van der Waals surface area contributed by atoms with Crippen LogP contribution in [-0.4, -0.2) is 20.2 Å². The van der Waals surface area contributed by atoms with Gasteiger partial charge in [-0.25, -0.2) is 0 Å². The summed E-state index contributed by atoms with van der Waals surface area (Å²) in [6.45, 7) is 13.7. The van der Waals surface area contributed by atoms with Crippen molar-refractivity contribution in [2.45, 2.75) is 96.4 Å². The van der Waals surface area contributed by atoms with Gasteiger partial charge in [-0.1, -0.05) is 47.0 Å². The summed E-state index contributed by atoms with van der Waals surface area (Å²) in [6, 6.07) is 0. The molecule has 2 nitrogen and oxygen atoms in total. The SMILES string of the molecule is CCC[C@@](CC=O)(O[Si](C)(C)C(C)(C)C)C1CCCC1. The van der Waals surface area contributed by atoms with Crippen molar-refractivity contribution in [1.29, 1.82) is 0 Å². The van der Waals surface area contributed by atoms with Gasteiger partial charge >= 0.3 is 0 Å². The highest BCUT2D eigenvalue weighted by Crippen LogP contribution is 2.47. The molecule has 0 aromatic rings. The molecule has 0 aromatic carbocycles. The number of carbonyl (C=O) groups excluding carboxylic acids is 1. The molecular weight excluding hydrogens is 264 g/mol. The number of aldehydes is 1. The van der Waals surface area contributed by atoms with Gasteiger partial charge in [0.15, 0.2) is 8.32 Å². The van der Waals surface area contributed by atoms with Crippen LogP contribution in [0, 0.1) is 5.92 Å². The largest absolute Gasteiger partial charge is 0.411 e. The molecule has 1 saturated carbocycles. The van der Waals surface area contributed by atoms with E-state index in [0.717, 1.165) is 19.1 Å². The van der Waals surface area contributed by atoms with E-state index in [4.69, 9.17) is 4.43 Å². The molecule has 0 unspecified atom stereocenters. The molecule has 0 amide bonds. The zero-order chi connectivity index (χ0) is 15.4. The molecule has 0 saturated heterocycles. The van der Waals surface area contributed by atoms with E-state index < -0.39 is 8.32 Å². The van der Waals surface area contributed by atoms with Crippen LogP contribution in [0.5, 0.6) is 0 Å². The fourth-order valence-electron chi connectivity index (χ4n) is 3.33.